The van der Waals surface area contributed by atoms with Gasteiger partial charge in [-0.05, 0) is 79.8 Å². The van der Waals surface area contributed by atoms with Crippen LogP contribution in [-0.4, -0.2) is 111 Å². The molecule has 1 aliphatic rings. The number of likely N-dealkylation sites (N-methyl/N-ethyl adjacent to an activating group) is 1. The molecule has 3 aromatic carbocycles. The van der Waals surface area contributed by atoms with E-state index in [1.807, 2.05) is 54.6 Å². The molecule has 0 radical (unpaired) electrons. The number of hydrogen-bond donors (Lipinski definition) is 9. The summed E-state index contributed by atoms with van der Waals surface area (Å²) in [6, 6.07) is 14.9. The van der Waals surface area contributed by atoms with Crippen molar-refractivity contribution in [2.24, 2.45) is 5.92 Å². The highest BCUT2D eigenvalue weighted by Crippen LogP contribution is 2.20. The van der Waals surface area contributed by atoms with Crippen molar-refractivity contribution in [3.05, 3.63) is 102 Å². The van der Waals surface area contributed by atoms with Crippen LogP contribution in [0.4, 0.5) is 4.79 Å². The van der Waals surface area contributed by atoms with Crippen LogP contribution in [0.1, 0.15) is 63.1 Å². The summed E-state index contributed by atoms with van der Waals surface area (Å²) in [4.78, 5) is 100. The molecule has 1 unspecified atom stereocenters. The predicted molar refractivity (Wildman–Crippen MR) is 235 cm³/mol. The van der Waals surface area contributed by atoms with Gasteiger partial charge in [-0.3, -0.25) is 24.0 Å². The number of carboxylic acids is 1. The monoisotopic (exact) mass is 866 g/mol. The summed E-state index contributed by atoms with van der Waals surface area (Å²) in [5.74, 6) is -4.79. The second kappa shape index (κ2) is 22.3. The molecule has 1 fully saturated rings. The maximum absolute atomic E-state index is 14.2. The first-order valence-corrected chi connectivity index (χ1v) is 21.2. The number of aromatic nitrogens is 1. The number of carboxylic acid groups (broad SMARTS) is 1. The van der Waals surface area contributed by atoms with Gasteiger partial charge in [-0.25, -0.2) is 9.59 Å². The zero-order valence-corrected chi connectivity index (χ0v) is 36.0. The molecule has 0 saturated carbocycles. The lowest BCUT2D eigenvalue weighted by Gasteiger charge is -2.31. The number of amides is 7. The van der Waals surface area contributed by atoms with E-state index in [2.05, 4.69) is 36.9 Å². The number of hydrogen-bond acceptors (Lipinski definition) is 8. The minimum Gasteiger partial charge on any atom is -0.508 e. The molecule has 9 N–H and O–H groups in total. The second-order valence-electron chi connectivity index (χ2n) is 16.3. The van der Waals surface area contributed by atoms with Gasteiger partial charge in [-0.2, -0.15) is 0 Å². The van der Waals surface area contributed by atoms with Crippen molar-refractivity contribution < 1.29 is 43.8 Å². The zero-order valence-electron chi connectivity index (χ0n) is 36.0. The normalized spacial score (nSPS) is 21.5. The molecule has 7 amide bonds. The molecule has 5 rings (SSSR count). The minimum absolute atomic E-state index is 0.0436. The number of aryl methyl sites for hydroxylation is 1. The number of para-hydroxylation sites is 1. The summed E-state index contributed by atoms with van der Waals surface area (Å²) in [5, 5.41) is 37.0. The molecule has 336 valence electrons. The molecular weight excluding hydrogens is 809 g/mol. The first-order valence-electron chi connectivity index (χ1n) is 21.2. The van der Waals surface area contributed by atoms with Gasteiger partial charge in [0.2, 0.25) is 29.5 Å². The van der Waals surface area contributed by atoms with E-state index < -0.39 is 83.7 Å². The summed E-state index contributed by atoms with van der Waals surface area (Å²) in [6.07, 6.45) is 2.87. The summed E-state index contributed by atoms with van der Waals surface area (Å²) in [7, 11) is 1.43. The SMILES string of the molecule is CC(C)[C@@H]1NC(=O)[C@H](NC(=O)NC(Cc2c[nH]c3ccccc23)C(=O)O)CCCCNC(=O)[C@H](Cc2ccccc2)NC(=O)[C@H](C)N(C)C(=O)[C@H](CCc2ccc(O)cc2)NC1=O. The van der Waals surface area contributed by atoms with Crippen LogP contribution in [0.15, 0.2) is 85.1 Å². The van der Waals surface area contributed by atoms with Crippen LogP contribution in [0, 0.1) is 5.92 Å². The molecule has 0 bridgehead atoms. The van der Waals surface area contributed by atoms with E-state index in [4.69, 9.17) is 0 Å². The van der Waals surface area contributed by atoms with E-state index in [1.165, 1.54) is 31.0 Å². The lowest BCUT2D eigenvalue weighted by atomic mass is 9.99. The van der Waals surface area contributed by atoms with Crippen molar-refractivity contribution in [2.75, 3.05) is 13.6 Å². The van der Waals surface area contributed by atoms with Crippen LogP contribution in [0.3, 0.4) is 0 Å². The van der Waals surface area contributed by atoms with E-state index in [-0.39, 0.29) is 38.0 Å². The van der Waals surface area contributed by atoms with E-state index in [9.17, 15) is 43.8 Å². The van der Waals surface area contributed by atoms with E-state index in [0.717, 1.165) is 22.0 Å². The van der Waals surface area contributed by atoms with Crippen molar-refractivity contribution in [2.45, 2.75) is 102 Å². The van der Waals surface area contributed by atoms with Gasteiger partial charge < -0.3 is 52.0 Å². The number of benzene rings is 3. The third-order valence-electron chi connectivity index (χ3n) is 11.3. The first-order chi connectivity index (χ1) is 30.1. The number of fused-ring (bicyclic) bond motifs is 1. The third kappa shape index (κ3) is 13.3. The topological polar surface area (TPSA) is 251 Å². The summed E-state index contributed by atoms with van der Waals surface area (Å²) in [5.41, 5.74) is 3.02. The molecule has 17 heteroatoms. The lowest BCUT2D eigenvalue weighted by Crippen LogP contribution is -2.60. The van der Waals surface area contributed by atoms with Crippen molar-refractivity contribution in [3.63, 3.8) is 0 Å². The number of carbonyl (C=O) groups is 7. The predicted octanol–water partition coefficient (Wildman–Crippen LogP) is 2.67. The molecule has 17 nitrogen and oxygen atoms in total. The number of phenols is 1. The van der Waals surface area contributed by atoms with Gasteiger partial charge in [-0.1, -0.05) is 74.5 Å². The van der Waals surface area contributed by atoms with Crippen LogP contribution in [0.2, 0.25) is 0 Å². The average molecular weight is 867 g/mol. The van der Waals surface area contributed by atoms with E-state index >= 15 is 0 Å². The molecular formula is C46H58N8O9. The Bertz CT molecular complexity index is 2230. The molecule has 4 aromatic rings. The first kappa shape index (κ1) is 47.1. The smallest absolute Gasteiger partial charge is 0.326 e. The fourth-order valence-corrected chi connectivity index (χ4v) is 7.40. The van der Waals surface area contributed by atoms with Crippen molar-refractivity contribution in [1.82, 2.24) is 41.8 Å². The van der Waals surface area contributed by atoms with Gasteiger partial charge in [0.05, 0.1) is 0 Å². The van der Waals surface area contributed by atoms with Crippen molar-refractivity contribution in [3.8, 4) is 5.75 Å². The highest BCUT2D eigenvalue weighted by atomic mass is 16.4. The summed E-state index contributed by atoms with van der Waals surface area (Å²) < 4.78 is 0. The van der Waals surface area contributed by atoms with Crippen LogP contribution in [0.25, 0.3) is 10.9 Å². The molecule has 1 aliphatic heterocycles. The Morgan fingerprint density at radius 2 is 1.49 bits per heavy atom. The Balaban J connectivity index is 1.40. The molecule has 0 aliphatic carbocycles. The van der Waals surface area contributed by atoms with Crippen LogP contribution in [0.5, 0.6) is 5.75 Å². The molecule has 1 saturated heterocycles. The van der Waals surface area contributed by atoms with Crippen LogP contribution >= 0.6 is 0 Å². The molecule has 2 heterocycles. The van der Waals surface area contributed by atoms with E-state index in [0.29, 0.717) is 24.8 Å². The number of carbonyl (C=O) groups excluding carboxylic acids is 6. The number of H-pyrrole nitrogens is 1. The maximum Gasteiger partial charge on any atom is 0.326 e. The van der Waals surface area contributed by atoms with Gasteiger partial charge >= 0.3 is 12.0 Å². The maximum atomic E-state index is 14.2. The highest BCUT2D eigenvalue weighted by molar-refractivity contribution is 5.96. The minimum atomic E-state index is -1.36. The number of nitrogens with zero attached hydrogens (tertiary/aromatic N) is 1. The molecule has 1 aromatic heterocycles. The fourth-order valence-electron chi connectivity index (χ4n) is 7.40. The number of aromatic hydroxyl groups is 1. The largest absolute Gasteiger partial charge is 0.508 e. The van der Waals surface area contributed by atoms with Crippen molar-refractivity contribution in [1.29, 1.82) is 0 Å². The third-order valence-corrected chi connectivity index (χ3v) is 11.3. The van der Waals surface area contributed by atoms with Crippen molar-refractivity contribution >= 4 is 52.4 Å². The number of urea groups is 1. The standard InChI is InChI=1S/C46H58N8O9/c1-27(2)39-43(59)49-36(22-19-29-17-20-32(55)21-18-29)44(60)54(4)28(3)40(56)50-37(24-30-12-6-5-7-13-30)41(57)47-23-11-10-16-35(42(58)53-39)51-46(63)52-38(45(61)62)25-31-26-48-34-15-9-8-14-33(31)34/h5-9,12-15,17-18,20-21,26-28,35-39,48,55H,10-11,16,19,22-25H2,1-4H3,(H,47,57)(H,49,59)(H,50,56)(H,53,58)(H,61,62)(H2,51,52,63)/t28-,35+,36-,37-,38?,39-/m0/s1. The number of rotatable bonds is 11. The van der Waals surface area contributed by atoms with Gasteiger partial charge in [-0.15, -0.1) is 0 Å². The number of aromatic amines is 1. The number of phenolic OH excluding ortho intramolecular Hbond substituents is 1. The molecule has 6 atom stereocenters. The highest BCUT2D eigenvalue weighted by Gasteiger charge is 2.35. The number of aliphatic carboxylic acids is 1. The van der Waals surface area contributed by atoms with Gasteiger partial charge in [0.1, 0.15) is 42.0 Å². The lowest BCUT2D eigenvalue weighted by molar-refractivity contribution is -0.142. The Labute approximate surface area is 366 Å². The second-order valence-corrected chi connectivity index (χ2v) is 16.3. The van der Waals surface area contributed by atoms with Gasteiger partial charge in [0.15, 0.2) is 0 Å². The Hall–Kier alpha value is -6.91. The number of nitrogens with one attached hydrogen (secondary N) is 7. The Kier molecular flexibility index (Phi) is 16.7. The molecule has 63 heavy (non-hydrogen) atoms. The van der Waals surface area contributed by atoms with E-state index in [1.54, 1.807) is 32.2 Å². The van der Waals surface area contributed by atoms with Crippen LogP contribution in [-0.2, 0) is 48.0 Å². The fraction of sp³-hybridized carbons (Fsp3) is 0.413. The van der Waals surface area contributed by atoms with Gasteiger partial charge in [0.25, 0.3) is 0 Å². The Morgan fingerprint density at radius 1 is 0.810 bits per heavy atom. The zero-order chi connectivity index (χ0) is 45.6. The Morgan fingerprint density at radius 3 is 2.19 bits per heavy atom. The average Bonchev–Trinajstić information content (AvgIpc) is 3.67. The summed E-state index contributed by atoms with van der Waals surface area (Å²) in [6.45, 7) is 5.09. The van der Waals surface area contributed by atoms with Gasteiger partial charge in [0, 0.05) is 43.5 Å². The quantitative estimate of drug-likeness (QED) is 0.107. The van der Waals surface area contributed by atoms with Crippen LogP contribution < -0.4 is 31.9 Å². The summed E-state index contributed by atoms with van der Waals surface area (Å²) >= 11 is 0. The molecule has 0 spiro atoms.